The second-order valence-electron chi connectivity index (χ2n) is 4.89. The van der Waals surface area contributed by atoms with Crippen molar-refractivity contribution < 1.29 is 13.2 Å². The van der Waals surface area contributed by atoms with Gasteiger partial charge in [0.05, 0.1) is 16.5 Å². The third kappa shape index (κ3) is 5.45. The van der Waals surface area contributed by atoms with Crippen LogP contribution in [0.3, 0.4) is 0 Å². The number of rotatable bonds is 7. The van der Waals surface area contributed by atoms with E-state index in [0.29, 0.717) is 6.54 Å². The second-order valence-corrected chi connectivity index (χ2v) is 7.69. The van der Waals surface area contributed by atoms with Crippen LogP contribution in [-0.2, 0) is 21.2 Å². The number of pyridine rings is 1. The van der Waals surface area contributed by atoms with Gasteiger partial charge in [-0.1, -0.05) is 23.2 Å². The molecule has 0 saturated heterocycles. The summed E-state index contributed by atoms with van der Waals surface area (Å²) >= 11 is 11.7. The fraction of sp³-hybridized carbons (Fsp3) is 0.200. The Balaban J connectivity index is 1.84. The molecule has 1 amide bonds. The van der Waals surface area contributed by atoms with Crippen molar-refractivity contribution in [3.63, 3.8) is 0 Å². The summed E-state index contributed by atoms with van der Waals surface area (Å²) < 4.78 is 24.4. The third-order valence-corrected chi connectivity index (χ3v) is 5.31. The van der Waals surface area contributed by atoms with Crippen LogP contribution < -0.4 is 10.6 Å². The number of sulfone groups is 1. The molecule has 24 heavy (non-hydrogen) atoms. The average molecular weight is 388 g/mol. The molecule has 2 aromatic rings. The van der Waals surface area contributed by atoms with Crippen LogP contribution in [0, 0.1) is 0 Å². The molecule has 128 valence electrons. The fourth-order valence-electron chi connectivity index (χ4n) is 1.86. The summed E-state index contributed by atoms with van der Waals surface area (Å²) in [5, 5.41) is 5.62. The van der Waals surface area contributed by atoms with Gasteiger partial charge in [0.15, 0.2) is 9.84 Å². The maximum absolute atomic E-state index is 12.2. The Morgan fingerprint density at radius 2 is 1.83 bits per heavy atom. The maximum atomic E-state index is 12.2. The molecule has 0 aliphatic heterocycles. The van der Waals surface area contributed by atoms with Crippen molar-refractivity contribution in [1.29, 1.82) is 0 Å². The number of hydrogen-bond acceptors (Lipinski definition) is 5. The maximum Gasteiger partial charge on any atom is 0.234 e. The molecule has 0 aliphatic rings. The molecule has 0 atom stereocenters. The highest BCUT2D eigenvalue weighted by molar-refractivity contribution is 7.91. The Labute approximate surface area is 150 Å². The molecule has 1 aromatic heterocycles. The van der Waals surface area contributed by atoms with Crippen LogP contribution in [-0.4, -0.2) is 31.7 Å². The largest absolute Gasteiger partial charge is 0.351 e. The number of nitrogens with one attached hydrogen (secondary N) is 2. The molecule has 2 rings (SSSR count). The molecule has 0 saturated carbocycles. The highest BCUT2D eigenvalue weighted by Crippen LogP contribution is 2.25. The lowest BCUT2D eigenvalue weighted by atomic mass is 10.3. The second kappa shape index (κ2) is 8.43. The van der Waals surface area contributed by atoms with Crippen LogP contribution >= 0.6 is 23.2 Å². The highest BCUT2D eigenvalue weighted by atomic mass is 35.5. The zero-order valence-electron chi connectivity index (χ0n) is 12.5. The van der Waals surface area contributed by atoms with Gasteiger partial charge in [0.25, 0.3) is 0 Å². The Hall–Kier alpha value is -1.67. The summed E-state index contributed by atoms with van der Waals surface area (Å²) in [5.41, 5.74) is 0.900. The van der Waals surface area contributed by atoms with E-state index in [2.05, 4.69) is 15.6 Å². The molecule has 0 radical (unpaired) electrons. The van der Waals surface area contributed by atoms with Gasteiger partial charge in [-0.3, -0.25) is 15.1 Å². The SMILES string of the molecule is O=C(CNCS(=O)(=O)c1cc(Cl)ccc1Cl)NCc1ccncc1. The van der Waals surface area contributed by atoms with Crippen molar-refractivity contribution in [2.75, 3.05) is 12.4 Å². The van der Waals surface area contributed by atoms with E-state index in [1.807, 2.05) is 0 Å². The molecule has 0 fully saturated rings. The van der Waals surface area contributed by atoms with Gasteiger partial charge in [0, 0.05) is 24.0 Å². The van der Waals surface area contributed by atoms with Crippen molar-refractivity contribution >= 4 is 38.9 Å². The van der Waals surface area contributed by atoms with Gasteiger partial charge in [0.1, 0.15) is 5.88 Å². The molecule has 2 N–H and O–H groups in total. The summed E-state index contributed by atoms with van der Waals surface area (Å²) in [6, 6.07) is 7.75. The van der Waals surface area contributed by atoms with E-state index in [-0.39, 0.29) is 27.4 Å². The van der Waals surface area contributed by atoms with Crippen LogP contribution in [0.4, 0.5) is 0 Å². The molecular formula is C15H15Cl2N3O3S. The van der Waals surface area contributed by atoms with Gasteiger partial charge < -0.3 is 5.32 Å². The smallest absolute Gasteiger partial charge is 0.234 e. The number of aromatic nitrogens is 1. The van der Waals surface area contributed by atoms with E-state index in [4.69, 9.17) is 23.2 Å². The van der Waals surface area contributed by atoms with Crippen LogP contribution in [0.25, 0.3) is 0 Å². The minimum Gasteiger partial charge on any atom is -0.351 e. The lowest BCUT2D eigenvalue weighted by molar-refractivity contribution is -0.120. The van der Waals surface area contributed by atoms with E-state index in [0.717, 1.165) is 5.56 Å². The van der Waals surface area contributed by atoms with Crippen LogP contribution in [0.1, 0.15) is 5.56 Å². The van der Waals surface area contributed by atoms with Crippen molar-refractivity contribution in [1.82, 2.24) is 15.6 Å². The first-order valence-electron chi connectivity index (χ1n) is 6.92. The number of halogens is 2. The summed E-state index contributed by atoms with van der Waals surface area (Å²) in [6.45, 7) is 0.207. The van der Waals surface area contributed by atoms with Crippen molar-refractivity contribution in [3.05, 3.63) is 58.3 Å². The Bertz CT molecular complexity index is 814. The lowest BCUT2D eigenvalue weighted by Crippen LogP contribution is -2.35. The van der Waals surface area contributed by atoms with E-state index in [1.165, 1.54) is 18.2 Å². The molecule has 1 aromatic carbocycles. The molecule has 6 nitrogen and oxygen atoms in total. The average Bonchev–Trinajstić information content (AvgIpc) is 2.56. The summed E-state index contributed by atoms with van der Waals surface area (Å²) in [5.74, 6) is -0.741. The third-order valence-electron chi connectivity index (χ3n) is 3.04. The van der Waals surface area contributed by atoms with Gasteiger partial charge in [-0.15, -0.1) is 0 Å². The molecule has 0 spiro atoms. The summed E-state index contributed by atoms with van der Waals surface area (Å²) in [4.78, 5) is 15.5. The monoisotopic (exact) mass is 387 g/mol. The zero-order chi connectivity index (χ0) is 17.6. The predicted molar refractivity (Wildman–Crippen MR) is 92.6 cm³/mol. The zero-order valence-corrected chi connectivity index (χ0v) is 14.8. The highest BCUT2D eigenvalue weighted by Gasteiger charge is 2.18. The molecule has 0 unspecified atom stereocenters. The number of amides is 1. The van der Waals surface area contributed by atoms with E-state index in [9.17, 15) is 13.2 Å². The van der Waals surface area contributed by atoms with Gasteiger partial charge in [-0.25, -0.2) is 8.42 Å². The molecular weight excluding hydrogens is 373 g/mol. The topological polar surface area (TPSA) is 88.2 Å². The van der Waals surface area contributed by atoms with Crippen LogP contribution in [0.15, 0.2) is 47.6 Å². The molecule has 0 bridgehead atoms. The number of nitrogens with zero attached hydrogens (tertiary/aromatic N) is 1. The van der Waals surface area contributed by atoms with Gasteiger partial charge in [0.2, 0.25) is 5.91 Å². The molecule has 1 heterocycles. The predicted octanol–water partition coefficient (Wildman–Crippen LogP) is 2.03. The Kier molecular flexibility index (Phi) is 6.56. The first-order chi connectivity index (χ1) is 11.4. The quantitative estimate of drug-likeness (QED) is 0.758. The number of hydrogen-bond donors (Lipinski definition) is 2. The number of carbonyl (C=O) groups is 1. The van der Waals surface area contributed by atoms with Gasteiger partial charge in [-0.2, -0.15) is 0 Å². The van der Waals surface area contributed by atoms with Gasteiger partial charge >= 0.3 is 0 Å². The minimum atomic E-state index is -3.69. The number of benzene rings is 1. The standard InChI is InChI=1S/C15H15Cl2N3O3S/c16-12-1-2-13(17)14(7-12)24(22,23)10-19-9-15(21)20-8-11-3-5-18-6-4-11/h1-7,19H,8-10H2,(H,20,21). The van der Waals surface area contributed by atoms with Crippen molar-refractivity contribution in [2.45, 2.75) is 11.4 Å². The van der Waals surface area contributed by atoms with E-state index < -0.39 is 15.7 Å². The first-order valence-corrected chi connectivity index (χ1v) is 9.33. The van der Waals surface area contributed by atoms with Crippen molar-refractivity contribution in [2.24, 2.45) is 0 Å². The van der Waals surface area contributed by atoms with Crippen LogP contribution in [0.2, 0.25) is 10.0 Å². The number of carbonyl (C=O) groups excluding carboxylic acids is 1. The van der Waals surface area contributed by atoms with Crippen LogP contribution in [0.5, 0.6) is 0 Å². The lowest BCUT2D eigenvalue weighted by Gasteiger charge is -2.09. The summed E-state index contributed by atoms with van der Waals surface area (Å²) in [7, 11) is -3.69. The Morgan fingerprint density at radius 3 is 2.54 bits per heavy atom. The van der Waals surface area contributed by atoms with E-state index >= 15 is 0 Å². The van der Waals surface area contributed by atoms with E-state index in [1.54, 1.807) is 24.5 Å². The van der Waals surface area contributed by atoms with Crippen molar-refractivity contribution in [3.8, 4) is 0 Å². The minimum absolute atomic E-state index is 0.0682. The van der Waals surface area contributed by atoms with Gasteiger partial charge in [-0.05, 0) is 35.9 Å². The normalized spacial score (nSPS) is 11.2. The fourth-order valence-corrected chi connectivity index (χ4v) is 3.76. The first kappa shape index (κ1) is 18.7. The summed E-state index contributed by atoms with van der Waals surface area (Å²) in [6.07, 6.45) is 3.25. The molecule has 0 aliphatic carbocycles. The Morgan fingerprint density at radius 1 is 1.12 bits per heavy atom. The molecule has 9 heteroatoms.